The molecule has 4 rings (SSSR count). The molecular formula is C31H31N3O2S. The summed E-state index contributed by atoms with van der Waals surface area (Å²) in [4.78, 5) is 28.5. The largest absolute Gasteiger partial charge is 0.347 e. The normalized spacial score (nSPS) is 16.6. The van der Waals surface area contributed by atoms with Crippen LogP contribution in [0.25, 0.3) is 0 Å². The Kier molecular flexibility index (Phi) is 8.15. The fraction of sp³-hybridized carbons (Fsp3) is 0.258. The number of aryl methyl sites for hydroxylation is 2. The second-order valence-corrected chi connectivity index (χ2v) is 10.8. The predicted molar refractivity (Wildman–Crippen MR) is 150 cm³/mol. The van der Waals surface area contributed by atoms with Crippen LogP contribution in [0.5, 0.6) is 0 Å². The SMILES string of the molecule is Cc1ccc(CC2S/C(=C(/C#N)C(=O)NCc3ccccc3)N(c3ccc(C(C)C)cc3)C2=O)cc1C. The second-order valence-electron chi connectivity index (χ2n) is 9.61. The van der Waals surface area contributed by atoms with Gasteiger partial charge in [0.2, 0.25) is 5.91 Å². The third-order valence-electron chi connectivity index (χ3n) is 6.61. The standard InChI is InChI=1S/C31H31N3O2S/c1-20(2)25-12-14-26(15-13-25)34-30(36)28(17-24-11-10-21(3)22(4)16-24)37-31(34)27(18-32)29(35)33-19-23-8-6-5-7-9-23/h5-16,20,28H,17,19H2,1-4H3,(H,33,35)/b31-27-. The van der Waals surface area contributed by atoms with E-state index >= 15 is 0 Å². The number of anilines is 1. The van der Waals surface area contributed by atoms with Gasteiger partial charge in [0.1, 0.15) is 16.7 Å². The fourth-order valence-electron chi connectivity index (χ4n) is 4.24. The minimum Gasteiger partial charge on any atom is -0.347 e. The zero-order chi connectivity index (χ0) is 26.5. The van der Waals surface area contributed by atoms with Crippen molar-refractivity contribution in [3.05, 3.63) is 111 Å². The molecule has 6 heteroatoms. The van der Waals surface area contributed by atoms with Crippen molar-refractivity contribution in [2.75, 3.05) is 4.90 Å². The summed E-state index contributed by atoms with van der Waals surface area (Å²) in [6, 6.07) is 25.6. The summed E-state index contributed by atoms with van der Waals surface area (Å²) in [5.41, 5.74) is 6.11. The molecule has 0 aromatic heterocycles. The van der Waals surface area contributed by atoms with E-state index in [4.69, 9.17) is 0 Å². The summed E-state index contributed by atoms with van der Waals surface area (Å²) in [7, 11) is 0. The van der Waals surface area contributed by atoms with Gasteiger partial charge in [0.15, 0.2) is 0 Å². The summed E-state index contributed by atoms with van der Waals surface area (Å²) in [5.74, 6) is -0.264. The Bertz CT molecular complexity index is 1370. The Hall–Kier alpha value is -3.82. The van der Waals surface area contributed by atoms with Crippen LogP contribution in [0.2, 0.25) is 0 Å². The maximum atomic E-state index is 13.7. The highest BCUT2D eigenvalue weighted by atomic mass is 32.2. The Morgan fingerprint density at radius 1 is 1.00 bits per heavy atom. The quantitative estimate of drug-likeness (QED) is 0.305. The van der Waals surface area contributed by atoms with Crippen molar-refractivity contribution in [3.63, 3.8) is 0 Å². The van der Waals surface area contributed by atoms with Crippen LogP contribution in [0.3, 0.4) is 0 Å². The Labute approximate surface area is 223 Å². The third-order valence-corrected chi connectivity index (χ3v) is 7.87. The molecule has 1 N–H and O–H groups in total. The van der Waals surface area contributed by atoms with Gasteiger partial charge in [0.25, 0.3) is 5.91 Å². The molecule has 1 aliphatic heterocycles. The number of rotatable bonds is 7. The summed E-state index contributed by atoms with van der Waals surface area (Å²) >= 11 is 1.29. The van der Waals surface area contributed by atoms with E-state index in [0.29, 0.717) is 29.6 Å². The average Bonchev–Trinajstić information content (AvgIpc) is 3.21. The lowest BCUT2D eigenvalue weighted by molar-refractivity contribution is -0.117. The lowest BCUT2D eigenvalue weighted by Crippen LogP contribution is -2.32. The van der Waals surface area contributed by atoms with Gasteiger partial charge >= 0.3 is 0 Å². The third kappa shape index (κ3) is 5.95. The molecule has 1 atom stereocenters. The molecule has 0 saturated carbocycles. The van der Waals surface area contributed by atoms with Gasteiger partial charge in [-0.3, -0.25) is 14.5 Å². The number of hydrogen-bond acceptors (Lipinski definition) is 4. The monoisotopic (exact) mass is 509 g/mol. The van der Waals surface area contributed by atoms with Crippen molar-refractivity contribution >= 4 is 29.3 Å². The van der Waals surface area contributed by atoms with Crippen molar-refractivity contribution in [1.29, 1.82) is 5.26 Å². The molecule has 1 saturated heterocycles. The average molecular weight is 510 g/mol. The first-order valence-corrected chi connectivity index (χ1v) is 13.3. The number of nitrogens with one attached hydrogen (secondary N) is 1. The molecule has 1 unspecified atom stereocenters. The van der Waals surface area contributed by atoms with Gasteiger partial charge in [-0.05, 0) is 66.1 Å². The van der Waals surface area contributed by atoms with Crippen molar-refractivity contribution in [1.82, 2.24) is 5.32 Å². The number of benzene rings is 3. The highest BCUT2D eigenvalue weighted by molar-refractivity contribution is 8.05. The molecule has 3 aromatic carbocycles. The highest BCUT2D eigenvalue weighted by Crippen LogP contribution is 2.42. The van der Waals surface area contributed by atoms with E-state index < -0.39 is 11.2 Å². The van der Waals surface area contributed by atoms with Gasteiger partial charge in [-0.2, -0.15) is 5.26 Å². The molecule has 0 spiro atoms. The number of hydrogen-bond donors (Lipinski definition) is 1. The lowest BCUT2D eigenvalue weighted by Gasteiger charge is -2.19. The summed E-state index contributed by atoms with van der Waals surface area (Å²) in [6.45, 7) is 8.64. The first kappa shape index (κ1) is 26.2. The van der Waals surface area contributed by atoms with Gasteiger partial charge in [0.05, 0.1) is 5.25 Å². The Morgan fingerprint density at radius 3 is 2.32 bits per heavy atom. The molecule has 1 fully saturated rings. The predicted octanol–water partition coefficient (Wildman–Crippen LogP) is 6.17. The van der Waals surface area contributed by atoms with E-state index in [1.54, 1.807) is 4.90 Å². The van der Waals surface area contributed by atoms with Crippen LogP contribution in [0.1, 0.15) is 47.6 Å². The first-order chi connectivity index (χ1) is 17.8. The molecule has 3 aromatic rings. The van der Waals surface area contributed by atoms with Crippen molar-refractivity contribution in [2.45, 2.75) is 51.8 Å². The Balaban J connectivity index is 1.68. The van der Waals surface area contributed by atoms with E-state index in [1.165, 1.54) is 22.9 Å². The van der Waals surface area contributed by atoms with Crippen LogP contribution < -0.4 is 10.2 Å². The molecule has 1 heterocycles. The molecule has 2 amide bonds. The number of carbonyl (C=O) groups excluding carboxylic acids is 2. The van der Waals surface area contributed by atoms with Crippen molar-refractivity contribution in [2.24, 2.45) is 0 Å². The van der Waals surface area contributed by atoms with Crippen LogP contribution in [0.4, 0.5) is 5.69 Å². The van der Waals surface area contributed by atoms with Crippen LogP contribution in [0, 0.1) is 25.2 Å². The second kappa shape index (κ2) is 11.5. The maximum Gasteiger partial charge on any atom is 0.264 e. The van der Waals surface area contributed by atoms with E-state index in [2.05, 4.69) is 51.2 Å². The zero-order valence-electron chi connectivity index (χ0n) is 21.6. The van der Waals surface area contributed by atoms with Gasteiger partial charge in [-0.1, -0.05) is 86.3 Å². The number of nitrogens with zero attached hydrogens (tertiary/aromatic N) is 2. The lowest BCUT2D eigenvalue weighted by atomic mass is 10.0. The molecule has 188 valence electrons. The van der Waals surface area contributed by atoms with Gasteiger partial charge in [0, 0.05) is 12.2 Å². The minimum absolute atomic E-state index is 0.0511. The van der Waals surface area contributed by atoms with E-state index in [-0.39, 0.29) is 11.5 Å². The van der Waals surface area contributed by atoms with Crippen molar-refractivity contribution in [3.8, 4) is 6.07 Å². The molecule has 0 radical (unpaired) electrons. The van der Waals surface area contributed by atoms with Crippen LogP contribution in [-0.4, -0.2) is 17.1 Å². The molecule has 0 aliphatic carbocycles. The van der Waals surface area contributed by atoms with Crippen LogP contribution in [-0.2, 0) is 22.6 Å². The summed E-state index contributed by atoms with van der Waals surface area (Å²) in [5, 5.41) is 12.8. The number of thioether (sulfide) groups is 1. The zero-order valence-corrected chi connectivity index (χ0v) is 22.4. The number of amides is 2. The van der Waals surface area contributed by atoms with E-state index in [1.807, 2.05) is 60.7 Å². The Morgan fingerprint density at radius 2 is 1.70 bits per heavy atom. The fourth-order valence-corrected chi connectivity index (χ4v) is 5.55. The molecule has 5 nitrogen and oxygen atoms in total. The first-order valence-electron chi connectivity index (χ1n) is 12.4. The smallest absolute Gasteiger partial charge is 0.264 e. The van der Waals surface area contributed by atoms with Gasteiger partial charge in [-0.15, -0.1) is 0 Å². The minimum atomic E-state index is -0.489. The summed E-state index contributed by atoms with van der Waals surface area (Å²) < 4.78 is 0. The van der Waals surface area contributed by atoms with Crippen LogP contribution in [0.15, 0.2) is 83.4 Å². The van der Waals surface area contributed by atoms with Crippen LogP contribution >= 0.6 is 11.8 Å². The summed E-state index contributed by atoms with van der Waals surface area (Å²) in [6.07, 6.45) is 0.513. The van der Waals surface area contributed by atoms with Crippen molar-refractivity contribution < 1.29 is 9.59 Å². The molecule has 37 heavy (non-hydrogen) atoms. The van der Waals surface area contributed by atoms with E-state index in [9.17, 15) is 14.9 Å². The number of carbonyl (C=O) groups is 2. The topological polar surface area (TPSA) is 73.2 Å². The maximum absolute atomic E-state index is 13.7. The number of nitriles is 1. The van der Waals surface area contributed by atoms with E-state index in [0.717, 1.165) is 16.7 Å². The highest BCUT2D eigenvalue weighted by Gasteiger charge is 2.40. The van der Waals surface area contributed by atoms with Gasteiger partial charge in [-0.25, -0.2) is 0 Å². The molecular weight excluding hydrogens is 478 g/mol. The molecule has 0 bridgehead atoms. The molecule has 1 aliphatic rings. The van der Waals surface area contributed by atoms with Gasteiger partial charge < -0.3 is 5.32 Å².